The van der Waals surface area contributed by atoms with Crippen LogP contribution in [0.3, 0.4) is 0 Å². The highest BCUT2D eigenvalue weighted by molar-refractivity contribution is 5.80. The first-order valence-electron chi connectivity index (χ1n) is 10.5. The first-order valence-corrected chi connectivity index (χ1v) is 10.5. The molecule has 0 radical (unpaired) electrons. The van der Waals surface area contributed by atoms with Gasteiger partial charge in [-0.3, -0.25) is 14.5 Å². The van der Waals surface area contributed by atoms with E-state index in [0.717, 1.165) is 61.1 Å². The molecule has 1 aliphatic heterocycles. The third-order valence-electron chi connectivity index (χ3n) is 6.41. The Hall–Kier alpha value is -2.80. The first-order chi connectivity index (χ1) is 14.2. The standard InChI is InChI=1S/C22H26N6O/c23-11-15-9-16(10-15)22(29)27-7-5-18(6-8-27)28-14-17(12-25-28)21-13-24-19-3-1-2-4-20(19)26-21/h1-4,12-16,18H,5-11,23H2. The molecule has 2 N–H and O–H groups in total. The van der Waals surface area contributed by atoms with Gasteiger partial charge in [0.15, 0.2) is 0 Å². The Kier molecular flexibility index (Phi) is 4.75. The number of aromatic nitrogens is 4. The van der Waals surface area contributed by atoms with E-state index < -0.39 is 0 Å². The zero-order valence-corrected chi connectivity index (χ0v) is 16.4. The van der Waals surface area contributed by atoms with E-state index in [9.17, 15) is 4.79 Å². The van der Waals surface area contributed by atoms with Crippen LogP contribution in [0.4, 0.5) is 0 Å². The van der Waals surface area contributed by atoms with E-state index in [1.54, 1.807) is 6.20 Å². The average Bonchev–Trinajstić information content (AvgIpc) is 3.23. The molecule has 7 nitrogen and oxygen atoms in total. The molecule has 3 aromatic rings. The molecule has 2 fully saturated rings. The van der Waals surface area contributed by atoms with Crippen molar-refractivity contribution in [2.45, 2.75) is 31.7 Å². The van der Waals surface area contributed by atoms with Crippen molar-refractivity contribution in [3.05, 3.63) is 42.9 Å². The molecule has 1 saturated carbocycles. The van der Waals surface area contributed by atoms with Gasteiger partial charge in [0.2, 0.25) is 5.91 Å². The van der Waals surface area contributed by atoms with Gasteiger partial charge < -0.3 is 10.6 Å². The largest absolute Gasteiger partial charge is 0.342 e. The van der Waals surface area contributed by atoms with Crippen LogP contribution < -0.4 is 5.73 Å². The molecule has 0 unspecified atom stereocenters. The molecule has 29 heavy (non-hydrogen) atoms. The number of hydrogen-bond donors (Lipinski definition) is 1. The zero-order valence-electron chi connectivity index (χ0n) is 16.4. The maximum atomic E-state index is 12.6. The lowest BCUT2D eigenvalue weighted by atomic mass is 9.74. The number of fused-ring (bicyclic) bond motifs is 1. The number of nitrogens with zero attached hydrogens (tertiary/aromatic N) is 5. The number of piperidine rings is 1. The van der Waals surface area contributed by atoms with E-state index in [4.69, 9.17) is 10.7 Å². The van der Waals surface area contributed by atoms with Gasteiger partial charge >= 0.3 is 0 Å². The summed E-state index contributed by atoms with van der Waals surface area (Å²) < 4.78 is 2.03. The summed E-state index contributed by atoms with van der Waals surface area (Å²) in [5.41, 5.74) is 9.28. The molecule has 7 heteroatoms. The highest BCUT2D eigenvalue weighted by atomic mass is 16.2. The number of hydrogen-bond acceptors (Lipinski definition) is 5. The lowest BCUT2D eigenvalue weighted by Gasteiger charge is -2.39. The molecular weight excluding hydrogens is 364 g/mol. The minimum absolute atomic E-state index is 0.197. The van der Waals surface area contributed by atoms with Crippen molar-refractivity contribution in [3.63, 3.8) is 0 Å². The predicted molar refractivity (Wildman–Crippen MR) is 111 cm³/mol. The molecule has 150 valence electrons. The van der Waals surface area contributed by atoms with Crippen molar-refractivity contribution in [2.24, 2.45) is 17.6 Å². The average molecular weight is 390 g/mol. The van der Waals surface area contributed by atoms with Crippen LogP contribution in [0.15, 0.2) is 42.9 Å². The number of rotatable bonds is 4. The zero-order chi connectivity index (χ0) is 19.8. The fraction of sp³-hybridized carbons (Fsp3) is 0.455. The van der Waals surface area contributed by atoms with Crippen LogP contribution in [-0.2, 0) is 4.79 Å². The van der Waals surface area contributed by atoms with E-state index in [1.807, 2.05) is 40.0 Å². The summed E-state index contributed by atoms with van der Waals surface area (Å²) in [6.07, 6.45) is 9.51. The number of nitrogens with two attached hydrogens (primary N) is 1. The van der Waals surface area contributed by atoms with Crippen molar-refractivity contribution in [2.75, 3.05) is 19.6 Å². The maximum absolute atomic E-state index is 12.6. The highest BCUT2D eigenvalue weighted by Crippen LogP contribution is 2.35. The van der Waals surface area contributed by atoms with Gasteiger partial charge in [-0.1, -0.05) is 12.1 Å². The molecule has 1 aliphatic carbocycles. The Morgan fingerprint density at radius 3 is 2.62 bits per heavy atom. The molecular formula is C22H26N6O. The van der Waals surface area contributed by atoms with Gasteiger partial charge in [0.25, 0.3) is 0 Å². The minimum Gasteiger partial charge on any atom is -0.342 e. The second-order valence-corrected chi connectivity index (χ2v) is 8.28. The van der Waals surface area contributed by atoms with E-state index in [0.29, 0.717) is 24.4 Å². The number of benzene rings is 1. The Morgan fingerprint density at radius 1 is 1.10 bits per heavy atom. The van der Waals surface area contributed by atoms with E-state index in [2.05, 4.69) is 16.3 Å². The topological polar surface area (TPSA) is 89.9 Å². The molecule has 1 aromatic carbocycles. The molecule has 1 saturated heterocycles. The summed E-state index contributed by atoms with van der Waals surface area (Å²) >= 11 is 0. The van der Waals surface area contributed by atoms with Crippen LogP contribution in [-0.4, -0.2) is 50.2 Å². The van der Waals surface area contributed by atoms with E-state index >= 15 is 0 Å². The Labute approximate surface area is 169 Å². The molecule has 5 rings (SSSR count). The van der Waals surface area contributed by atoms with Gasteiger partial charge in [-0.2, -0.15) is 5.10 Å². The number of carbonyl (C=O) groups is 1. The summed E-state index contributed by atoms with van der Waals surface area (Å²) in [7, 11) is 0. The number of carbonyl (C=O) groups excluding carboxylic acids is 1. The fourth-order valence-corrected chi connectivity index (χ4v) is 4.51. The lowest BCUT2D eigenvalue weighted by molar-refractivity contribution is -0.141. The smallest absolute Gasteiger partial charge is 0.225 e. The van der Waals surface area contributed by atoms with Crippen LogP contribution in [0.2, 0.25) is 0 Å². The van der Waals surface area contributed by atoms with Gasteiger partial charge in [-0.15, -0.1) is 0 Å². The SMILES string of the molecule is NCC1CC(C(=O)N2CCC(n3cc(-c4cnc5ccccc5n4)cn3)CC2)C1. The summed E-state index contributed by atoms with van der Waals surface area (Å²) in [6, 6.07) is 8.19. The third-order valence-corrected chi connectivity index (χ3v) is 6.41. The highest BCUT2D eigenvalue weighted by Gasteiger charge is 2.37. The van der Waals surface area contributed by atoms with Crippen molar-refractivity contribution in [3.8, 4) is 11.3 Å². The number of amides is 1. The van der Waals surface area contributed by atoms with Gasteiger partial charge in [-0.05, 0) is 50.3 Å². The minimum atomic E-state index is 0.197. The van der Waals surface area contributed by atoms with Crippen LogP contribution in [0, 0.1) is 11.8 Å². The Bertz CT molecular complexity index is 1020. The molecule has 0 bridgehead atoms. The van der Waals surface area contributed by atoms with Gasteiger partial charge in [-0.25, -0.2) is 4.98 Å². The van der Waals surface area contributed by atoms with E-state index in [-0.39, 0.29) is 5.92 Å². The van der Waals surface area contributed by atoms with Crippen LogP contribution >= 0.6 is 0 Å². The molecule has 2 aliphatic rings. The number of likely N-dealkylation sites (tertiary alicyclic amines) is 1. The normalized spacial score (nSPS) is 22.6. The van der Waals surface area contributed by atoms with Gasteiger partial charge in [0.05, 0.1) is 35.2 Å². The van der Waals surface area contributed by atoms with Crippen molar-refractivity contribution >= 4 is 16.9 Å². The summed E-state index contributed by atoms with van der Waals surface area (Å²) in [5.74, 6) is 1.06. The van der Waals surface area contributed by atoms with Crippen molar-refractivity contribution < 1.29 is 4.79 Å². The monoisotopic (exact) mass is 390 g/mol. The first kappa shape index (κ1) is 18.2. The maximum Gasteiger partial charge on any atom is 0.225 e. The summed E-state index contributed by atoms with van der Waals surface area (Å²) in [4.78, 5) is 23.9. The lowest BCUT2D eigenvalue weighted by Crippen LogP contribution is -2.46. The second kappa shape index (κ2) is 7.55. The van der Waals surface area contributed by atoms with Crippen LogP contribution in [0.5, 0.6) is 0 Å². The quantitative estimate of drug-likeness (QED) is 0.740. The van der Waals surface area contributed by atoms with Crippen molar-refractivity contribution in [1.82, 2.24) is 24.6 Å². The second-order valence-electron chi connectivity index (χ2n) is 8.28. The summed E-state index contributed by atoms with van der Waals surface area (Å²) in [5, 5.41) is 4.58. The van der Waals surface area contributed by atoms with Crippen LogP contribution in [0.25, 0.3) is 22.3 Å². The van der Waals surface area contributed by atoms with Gasteiger partial charge in [0.1, 0.15) is 0 Å². The van der Waals surface area contributed by atoms with E-state index in [1.165, 1.54) is 0 Å². The predicted octanol–water partition coefficient (Wildman–Crippen LogP) is 2.64. The molecule has 3 heterocycles. The molecule has 1 amide bonds. The van der Waals surface area contributed by atoms with Crippen LogP contribution in [0.1, 0.15) is 31.7 Å². The molecule has 2 aromatic heterocycles. The summed E-state index contributed by atoms with van der Waals surface area (Å²) in [6.45, 7) is 2.31. The van der Waals surface area contributed by atoms with Crippen molar-refractivity contribution in [1.29, 1.82) is 0 Å². The molecule has 0 spiro atoms. The third kappa shape index (κ3) is 3.51. The number of para-hydroxylation sites is 2. The van der Waals surface area contributed by atoms with Gasteiger partial charge in [0, 0.05) is 30.8 Å². The molecule has 0 atom stereocenters. The Balaban J connectivity index is 1.23. The Morgan fingerprint density at radius 2 is 1.86 bits per heavy atom. The fourth-order valence-electron chi connectivity index (χ4n) is 4.51.